The van der Waals surface area contributed by atoms with Crippen molar-refractivity contribution in [2.24, 2.45) is 5.92 Å². The Hall–Kier alpha value is -3.42. The van der Waals surface area contributed by atoms with E-state index >= 15 is 0 Å². The highest BCUT2D eigenvalue weighted by Gasteiger charge is 2.14. The summed E-state index contributed by atoms with van der Waals surface area (Å²) in [5.41, 5.74) is 0.157. The van der Waals surface area contributed by atoms with Crippen LogP contribution >= 0.6 is 0 Å². The Morgan fingerprint density at radius 1 is 1.04 bits per heavy atom. The zero-order valence-corrected chi connectivity index (χ0v) is 15.5. The fourth-order valence-corrected chi connectivity index (χ4v) is 2.04. The van der Waals surface area contributed by atoms with E-state index in [1.54, 1.807) is 12.1 Å². The molecule has 0 aliphatic carbocycles. The number of carbonyl (C=O) groups excluding carboxylic acids is 3. The average molecular weight is 388 g/mol. The molecule has 2 aromatic carbocycles. The minimum atomic E-state index is -0.933. The van der Waals surface area contributed by atoms with Crippen LogP contribution in [0.3, 0.4) is 0 Å². The second-order valence-corrected chi connectivity index (χ2v) is 6.29. The van der Waals surface area contributed by atoms with E-state index in [-0.39, 0.29) is 11.3 Å². The second-order valence-electron chi connectivity index (χ2n) is 6.29. The molecule has 0 aliphatic heterocycles. The van der Waals surface area contributed by atoms with Crippen LogP contribution in [-0.4, -0.2) is 31.1 Å². The summed E-state index contributed by atoms with van der Waals surface area (Å²) in [6.45, 7) is 3.94. The lowest BCUT2D eigenvalue weighted by Gasteiger charge is -2.09. The van der Waals surface area contributed by atoms with Gasteiger partial charge in [0.25, 0.3) is 5.91 Å². The fourth-order valence-electron chi connectivity index (χ4n) is 2.04. The molecule has 2 rings (SSSR count). The second kappa shape index (κ2) is 10.1. The minimum absolute atomic E-state index is 0.0791. The van der Waals surface area contributed by atoms with Crippen LogP contribution < -0.4 is 15.4 Å². The van der Waals surface area contributed by atoms with Crippen molar-refractivity contribution in [1.82, 2.24) is 5.32 Å². The molecule has 2 aromatic rings. The molecular weight excluding hydrogens is 367 g/mol. The van der Waals surface area contributed by atoms with Crippen LogP contribution in [0.4, 0.5) is 14.9 Å². The van der Waals surface area contributed by atoms with Gasteiger partial charge in [0.15, 0.2) is 6.61 Å². The highest BCUT2D eigenvalue weighted by molar-refractivity contribution is 6.02. The van der Waals surface area contributed by atoms with Crippen LogP contribution in [0.25, 0.3) is 0 Å². The lowest BCUT2D eigenvalue weighted by molar-refractivity contribution is -0.123. The molecule has 148 valence electrons. The number of hydrogen-bond acceptors (Lipinski definition) is 5. The summed E-state index contributed by atoms with van der Waals surface area (Å²) in [5, 5.41) is 4.13. The summed E-state index contributed by atoms with van der Waals surface area (Å²) in [5.74, 6) is -1.22. The maximum Gasteiger partial charge on any atom is 0.338 e. The summed E-state index contributed by atoms with van der Waals surface area (Å²) in [6, 6.07) is 10.8. The lowest BCUT2D eigenvalue weighted by atomic mass is 10.2. The number of imide groups is 1. The van der Waals surface area contributed by atoms with E-state index in [2.05, 4.69) is 5.32 Å². The predicted molar refractivity (Wildman–Crippen MR) is 101 cm³/mol. The number of halogens is 1. The van der Waals surface area contributed by atoms with E-state index in [0.29, 0.717) is 18.3 Å². The molecule has 0 bridgehead atoms. The quantitative estimate of drug-likeness (QED) is 0.710. The van der Waals surface area contributed by atoms with Gasteiger partial charge in [0.2, 0.25) is 0 Å². The molecule has 3 amide bonds. The van der Waals surface area contributed by atoms with Crippen molar-refractivity contribution in [1.29, 1.82) is 0 Å². The molecule has 0 heterocycles. The van der Waals surface area contributed by atoms with Gasteiger partial charge < -0.3 is 14.8 Å². The van der Waals surface area contributed by atoms with E-state index in [1.807, 2.05) is 19.2 Å². The maximum absolute atomic E-state index is 13.4. The fraction of sp³-hybridized carbons (Fsp3) is 0.250. The van der Waals surface area contributed by atoms with Crippen molar-refractivity contribution in [3.8, 4) is 5.75 Å². The highest BCUT2D eigenvalue weighted by Crippen LogP contribution is 2.14. The predicted octanol–water partition coefficient (Wildman–Crippen LogP) is 3.37. The van der Waals surface area contributed by atoms with Gasteiger partial charge in [-0.3, -0.25) is 10.1 Å². The lowest BCUT2D eigenvalue weighted by Crippen LogP contribution is -2.37. The Morgan fingerprint density at radius 3 is 2.36 bits per heavy atom. The number of nitrogens with one attached hydrogen (secondary N) is 2. The van der Waals surface area contributed by atoms with Crippen LogP contribution in [0.1, 0.15) is 24.2 Å². The van der Waals surface area contributed by atoms with Gasteiger partial charge in [-0.15, -0.1) is 0 Å². The van der Waals surface area contributed by atoms with Gasteiger partial charge in [-0.2, -0.15) is 0 Å². The summed E-state index contributed by atoms with van der Waals surface area (Å²) in [4.78, 5) is 35.3. The van der Waals surface area contributed by atoms with E-state index in [1.165, 1.54) is 36.4 Å². The standard InChI is InChI=1S/C20H21FN2O5/c1-13(2)11-27-15-9-7-14(8-10-15)19(25)28-12-18(24)23-20(26)22-17-6-4-3-5-16(17)21/h3-10,13H,11-12H2,1-2H3,(H2,22,23,24,26). The zero-order valence-electron chi connectivity index (χ0n) is 15.5. The van der Waals surface area contributed by atoms with Gasteiger partial charge in [0, 0.05) is 0 Å². The third-order valence-corrected chi connectivity index (χ3v) is 3.38. The Bertz CT molecular complexity index is 837. The number of ether oxygens (including phenoxy) is 2. The number of urea groups is 1. The minimum Gasteiger partial charge on any atom is -0.493 e. The monoisotopic (exact) mass is 388 g/mol. The first kappa shape index (κ1) is 20.9. The van der Waals surface area contributed by atoms with Crippen molar-refractivity contribution >= 4 is 23.6 Å². The van der Waals surface area contributed by atoms with Crippen LogP contribution in [0.15, 0.2) is 48.5 Å². The van der Waals surface area contributed by atoms with Crippen molar-refractivity contribution in [3.05, 3.63) is 59.9 Å². The smallest absolute Gasteiger partial charge is 0.338 e. The molecule has 0 fully saturated rings. The molecular formula is C20H21FN2O5. The normalized spacial score (nSPS) is 10.3. The third kappa shape index (κ3) is 6.71. The topological polar surface area (TPSA) is 93.7 Å². The molecule has 7 nitrogen and oxygen atoms in total. The Labute approximate surface area is 161 Å². The first-order chi connectivity index (χ1) is 13.3. The van der Waals surface area contributed by atoms with Crippen LogP contribution in [0, 0.1) is 11.7 Å². The van der Waals surface area contributed by atoms with Crippen molar-refractivity contribution in [2.75, 3.05) is 18.5 Å². The van der Waals surface area contributed by atoms with E-state index in [4.69, 9.17) is 9.47 Å². The largest absolute Gasteiger partial charge is 0.493 e. The number of amides is 3. The van der Waals surface area contributed by atoms with E-state index in [0.717, 1.165) is 0 Å². The van der Waals surface area contributed by atoms with Crippen molar-refractivity contribution < 1.29 is 28.2 Å². The molecule has 2 N–H and O–H groups in total. The average Bonchev–Trinajstić information content (AvgIpc) is 2.66. The number of benzene rings is 2. The van der Waals surface area contributed by atoms with E-state index < -0.39 is 30.3 Å². The SMILES string of the molecule is CC(C)COc1ccc(C(=O)OCC(=O)NC(=O)Nc2ccccc2F)cc1. The van der Waals surface area contributed by atoms with Crippen LogP contribution in [-0.2, 0) is 9.53 Å². The number of rotatable bonds is 7. The number of esters is 1. The van der Waals surface area contributed by atoms with E-state index in [9.17, 15) is 18.8 Å². The maximum atomic E-state index is 13.4. The zero-order chi connectivity index (χ0) is 20.5. The first-order valence-corrected chi connectivity index (χ1v) is 8.60. The number of carbonyl (C=O) groups is 3. The molecule has 28 heavy (non-hydrogen) atoms. The molecule has 0 atom stereocenters. The molecule has 0 saturated heterocycles. The number of hydrogen-bond donors (Lipinski definition) is 2. The summed E-state index contributed by atoms with van der Waals surface area (Å²) in [6.07, 6.45) is 0. The van der Waals surface area contributed by atoms with Crippen LogP contribution in [0.2, 0.25) is 0 Å². The van der Waals surface area contributed by atoms with Crippen molar-refractivity contribution in [2.45, 2.75) is 13.8 Å². The van der Waals surface area contributed by atoms with Crippen molar-refractivity contribution in [3.63, 3.8) is 0 Å². The van der Waals surface area contributed by atoms with Gasteiger partial charge in [-0.05, 0) is 42.3 Å². The molecule has 0 unspecified atom stereocenters. The third-order valence-electron chi connectivity index (χ3n) is 3.38. The number of para-hydroxylation sites is 1. The molecule has 0 aromatic heterocycles. The molecule has 0 spiro atoms. The summed E-state index contributed by atoms with van der Waals surface area (Å²) in [7, 11) is 0. The van der Waals surface area contributed by atoms with Crippen LogP contribution in [0.5, 0.6) is 5.75 Å². The van der Waals surface area contributed by atoms with Gasteiger partial charge in [0.05, 0.1) is 17.9 Å². The Balaban J connectivity index is 1.78. The molecule has 0 radical (unpaired) electrons. The molecule has 0 saturated carbocycles. The van der Waals surface area contributed by atoms with Gasteiger partial charge in [-0.25, -0.2) is 14.0 Å². The Kier molecular flexibility index (Phi) is 7.50. The summed E-state index contributed by atoms with van der Waals surface area (Å²) >= 11 is 0. The summed E-state index contributed by atoms with van der Waals surface area (Å²) < 4.78 is 23.8. The molecule has 8 heteroatoms. The highest BCUT2D eigenvalue weighted by atomic mass is 19.1. The molecule has 0 aliphatic rings. The first-order valence-electron chi connectivity index (χ1n) is 8.60. The van der Waals surface area contributed by atoms with Gasteiger partial charge in [-0.1, -0.05) is 26.0 Å². The Morgan fingerprint density at radius 2 is 1.71 bits per heavy atom. The van der Waals surface area contributed by atoms with Gasteiger partial charge in [0.1, 0.15) is 11.6 Å². The number of anilines is 1. The van der Waals surface area contributed by atoms with Gasteiger partial charge >= 0.3 is 12.0 Å².